The van der Waals surface area contributed by atoms with E-state index in [0.717, 1.165) is 0 Å². The first-order valence-corrected chi connectivity index (χ1v) is 3.10. The number of nitrogens with zero attached hydrogens (tertiary/aromatic N) is 1. The number of carbonyl (C=O) groups is 1. The predicted molar refractivity (Wildman–Crippen MR) is 37.6 cm³/mol. The maximum Gasteiger partial charge on any atom is 0.349 e. The second-order valence-corrected chi connectivity index (χ2v) is 1.78. The van der Waals surface area contributed by atoms with Crippen LogP contribution in [0.2, 0.25) is 0 Å². The molecule has 0 aromatic heterocycles. The molecule has 1 N–H and O–H groups in total. The summed E-state index contributed by atoms with van der Waals surface area (Å²) in [7, 11) is 0. The molecule has 0 rings (SSSR count). The molecular weight excluding hydrogens is 146 g/mol. The van der Waals surface area contributed by atoms with Gasteiger partial charge in [0.05, 0.1) is 6.61 Å². The van der Waals surface area contributed by atoms with Crippen molar-refractivity contribution in [2.45, 2.75) is 13.8 Å². The molecule has 0 aromatic rings. The van der Waals surface area contributed by atoms with Crippen LogP contribution in [-0.4, -0.2) is 17.7 Å². The van der Waals surface area contributed by atoms with Crippen LogP contribution >= 0.6 is 0 Å². The van der Waals surface area contributed by atoms with Crippen LogP contribution in [0.4, 0.5) is 0 Å². The van der Waals surface area contributed by atoms with Gasteiger partial charge in [0.25, 0.3) is 0 Å². The van der Waals surface area contributed by atoms with Gasteiger partial charge in [-0.05, 0) is 13.8 Å². The molecule has 0 saturated carbocycles. The van der Waals surface area contributed by atoms with Crippen LogP contribution < -0.4 is 0 Å². The number of aliphatic carboxylic acids is 1. The highest BCUT2D eigenvalue weighted by molar-refractivity contribution is 5.91. The second-order valence-electron chi connectivity index (χ2n) is 1.78. The minimum Gasteiger partial charge on any atom is -0.497 e. The van der Waals surface area contributed by atoms with Crippen molar-refractivity contribution in [2.24, 2.45) is 0 Å². The zero-order valence-electron chi connectivity index (χ0n) is 6.42. The Kier molecular flexibility index (Phi) is 3.75. The Labute approximate surface area is 64.7 Å². The quantitative estimate of drug-likeness (QED) is 0.373. The van der Waals surface area contributed by atoms with Crippen molar-refractivity contribution in [3.63, 3.8) is 0 Å². The summed E-state index contributed by atoms with van der Waals surface area (Å²) in [6, 6.07) is 1.54. The minimum absolute atomic E-state index is 0.155. The second kappa shape index (κ2) is 4.34. The van der Waals surface area contributed by atoms with Gasteiger partial charge in [-0.1, -0.05) is 0 Å². The zero-order chi connectivity index (χ0) is 8.85. The topological polar surface area (TPSA) is 70.3 Å². The molecule has 0 unspecified atom stereocenters. The van der Waals surface area contributed by atoms with Crippen molar-refractivity contribution in [3.05, 3.63) is 11.3 Å². The summed E-state index contributed by atoms with van der Waals surface area (Å²) in [5.41, 5.74) is -0.341. The Bertz CT molecular complexity index is 224. The highest BCUT2D eigenvalue weighted by Gasteiger charge is 2.10. The number of ether oxygens (including phenoxy) is 1. The Hall–Kier alpha value is -1.50. The average Bonchev–Trinajstić information content (AvgIpc) is 1.88. The predicted octanol–water partition coefficient (Wildman–Crippen LogP) is 0.905. The molecule has 0 aliphatic heterocycles. The van der Waals surface area contributed by atoms with Gasteiger partial charge < -0.3 is 9.84 Å². The average molecular weight is 155 g/mol. The maximum absolute atomic E-state index is 10.3. The van der Waals surface area contributed by atoms with E-state index in [0.29, 0.717) is 6.61 Å². The third kappa shape index (κ3) is 2.72. The van der Waals surface area contributed by atoms with Gasteiger partial charge in [-0.25, -0.2) is 4.79 Å². The maximum atomic E-state index is 10.3. The van der Waals surface area contributed by atoms with Gasteiger partial charge in [-0.15, -0.1) is 0 Å². The van der Waals surface area contributed by atoms with E-state index in [2.05, 4.69) is 0 Å². The number of hydrogen-bond acceptors (Lipinski definition) is 3. The molecule has 4 heteroatoms. The SMILES string of the molecule is CCO/C(C)=C(\C#N)C(=O)O. The van der Waals surface area contributed by atoms with E-state index in [1.807, 2.05) is 0 Å². The fourth-order valence-corrected chi connectivity index (χ4v) is 0.566. The first kappa shape index (κ1) is 9.50. The van der Waals surface area contributed by atoms with E-state index in [1.165, 1.54) is 6.92 Å². The van der Waals surface area contributed by atoms with Crippen LogP contribution in [0.15, 0.2) is 11.3 Å². The lowest BCUT2D eigenvalue weighted by Crippen LogP contribution is -2.03. The minimum atomic E-state index is -1.25. The van der Waals surface area contributed by atoms with Gasteiger partial charge >= 0.3 is 5.97 Å². The molecule has 60 valence electrons. The van der Waals surface area contributed by atoms with Gasteiger partial charge in [0.2, 0.25) is 0 Å². The van der Waals surface area contributed by atoms with Crippen LogP contribution in [0.3, 0.4) is 0 Å². The molecule has 0 spiro atoms. The van der Waals surface area contributed by atoms with Gasteiger partial charge in [-0.3, -0.25) is 0 Å². The smallest absolute Gasteiger partial charge is 0.349 e. The Morgan fingerprint density at radius 2 is 2.27 bits per heavy atom. The van der Waals surface area contributed by atoms with E-state index >= 15 is 0 Å². The van der Waals surface area contributed by atoms with Gasteiger partial charge in [-0.2, -0.15) is 5.26 Å². The molecule has 0 radical (unpaired) electrons. The summed E-state index contributed by atoms with van der Waals surface area (Å²) in [5.74, 6) is -1.10. The highest BCUT2D eigenvalue weighted by atomic mass is 16.5. The van der Waals surface area contributed by atoms with Crippen molar-refractivity contribution in [2.75, 3.05) is 6.61 Å². The number of carboxylic acid groups (broad SMARTS) is 1. The molecule has 0 aliphatic rings. The lowest BCUT2D eigenvalue weighted by atomic mass is 10.2. The standard InChI is InChI=1S/C7H9NO3/c1-3-11-5(2)6(4-8)7(9)10/h3H2,1-2H3,(H,9,10)/b6-5+. The normalized spacial score (nSPS) is 11.4. The highest BCUT2D eigenvalue weighted by Crippen LogP contribution is 2.04. The number of rotatable bonds is 3. The number of hydrogen-bond donors (Lipinski definition) is 1. The van der Waals surface area contributed by atoms with Gasteiger partial charge in [0, 0.05) is 0 Å². The summed E-state index contributed by atoms with van der Waals surface area (Å²) in [6.45, 7) is 3.54. The van der Waals surface area contributed by atoms with Crippen LogP contribution in [0.5, 0.6) is 0 Å². The monoisotopic (exact) mass is 155 g/mol. The molecule has 0 fully saturated rings. The Morgan fingerprint density at radius 1 is 1.73 bits per heavy atom. The van der Waals surface area contributed by atoms with E-state index in [4.69, 9.17) is 15.1 Å². The first-order chi connectivity index (χ1) is 5.13. The number of carboxylic acids is 1. The first-order valence-electron chi connectivity index (χ1n) is 3.10. The summed E-state index contributed by atoms with van der Waals surface area (Å²) < 4.78 is 4.83. The molecule has 0 heterocycles. The van der Waals surface area contributed by atoms with Crippen LogP contribution in [0.25, 0.3) is 0 Å². The zero-order valence-corrected chi connectivity index (χ0v) is 6.42. The van der Waals surface area contributed by atoms with Gasteiger partial charge in [0.1, 0.15) is 11.8 Å². The fourth-order valence-electron chi connectivity index (χ4n) is 0.566. The summed E-state index contributed by atoms with van der Waals surface area (Å²) >= 11 is 0. The van der Waals surface area contributed by atoms with Crippen molar-refractivity contribution in [1.82, 2.24) is 0 Å². The molecule has 0 atom stereocenters. The van der Waals surface area contributed by atoms with Gasteiger partial charge in [0.15, 0.2) is 5.57 Å². The lowest BCUT2D eigenvalue weighted by molar-refractivity contribution is -0.132. The van der Waals surface area contributed by atoms with Crippen LogP contribution in [-0.2, 0) is 9.53 Å². The van der Waals surface area contributed by atoms with Crippen molar-refractivity contribution < 1.29 is 14.6 Å². The molecular formula is C7H9NO3. The van der Waals surface area contributed by atoms with Crippen LogP contribution in [0, 0.1) is 11.3 Å². The molecule has 0 aromatic carbocycles. The summed E-state index contributed by atoms with van der Waals surface area (Å²) in [4.78, 5) is 10.3. The number of nitriles is 1. The Morgan fingerprint density at radius 3 is 2.55 bits per heavy atom. The molecule has 0 bridgehead atoms. The van der Waals surface area contributed by atoms with E-state index in [1.54, 1.807) is 13.0 Å². The Balaban J connectivity index is 4.58. The molecule has 11 heavy (non-hydrogen) atoms. The van der Waals surface area contributed by atoms with Crippen LogP contribution in [0.1, 0.15) is 13.8 Å². The van der Waals surface area contributed by atoms with Crippen molar-refractivity contribution >= 4 is 5.97 Å². The molecule has 0 amide bonds. The number of allylic oxidation sites excluding steroid dienone is 1. The lowest BCUT2D eigenvalue weighted by Gasteiger charge is -2.01. The third-order valence-corrected chi connectivity index (χ3v) is 1.04. The molecule has 0 aliphatic carbocycles. The van der Waals surface area contributed by atoms with E-state index < -0.39 is 5.97 Å². The summed E-state index contributed by atoms with van der Waals surface area (Å²) in [5, 5.41) is 16.7. The van der Waals surface area contributed by atoms with E-state index in [9.17, 15) is 4.79 Å². The van der Waals surface area contributed by atoms with Crippen molar-refractivity contribution in [1.29, 1.82) is 5.26 Å². The largest absolute Gasteiger partial charge is 0.497 e. The molecule has 0 saturated heterocycles. The van der Waals surface area contributed by atoms with Crippen molar-refractivity contribution in [3.8, 4) is 6.07 Å². The summed E-state index contributed by atoms with van der Waals surface area (Å²) in [6.07, 6.45) is 0. The fraction of sp³-hybridized carbons (Fsp3) is 0.429. The van der Waals surface area contributed by atoms with E-state index in [-0.39, 0.29) is 11.3 Å². The third-order valence-electron chi connectivity index (χ3n) is 1.04. The molecule has 4 nitrogen and oxygen atoms in total.